The molecule has 0 bridgehead atoms. The van der Waals surface area contributed by atoms with E-state index in [2.05, 4.69) is 68.1 Å². The van der Waals surface area contributed by atoms with Crippen LogP contribution in [0.3, 0.4) is 0 Å². The van der Waals surface area contributed by atoms with E-state index < -0.39 is 0 Å². The van der Waals surface area contributed by atoms with Gasteiger partial charge >= 0.3 is 5.97 Å². The van der Waals surface area contributed by atoms with E-state index in [4.69, 9.17) is 68.3 Å². The molecule has 5 aliphatic rings. The van der Waals surface area contributed by atoms with Crippen LogP contribution in [-0.2, 0) is 30.3 Å². The molecule has 4 saturated heterocycles. The Labute approximate surface area is 605 Å². The van der Waals surface area contributed by atoms with E-state index in [1.165, 1.54) is 17.2 Å². The number of carbonyl (C=O) groups is 4. The zero-order chi connectivity index (χ0) is 73.5. The molecule has 4 fully saturated rings. The van der Waals surface area contributed by atoms with Crippen LogP contribution in [0.4, 0.5) is 5.69 Å². The standard InChI is InChI=1S/C24H24N4O2.C21H24N4O2.C20H24N4O2.C15H19N3O3/c25-23(26)18-7-4-8-20(13-18)30-21-14-22(27-15-21)24(29)28-19-11-9-17(10-12-19)16-5-2-1-3-6-16;22-20(23)14-5-3-6-15(10-14)27-16-11-19(24-12-16)21(26)25-18-9-8-13-4-1-2-7-17(13)18;1-13(14-6-3-2-4-7-14)24-20(25)18-11-17(12-23-18)26-16-9-5-8-15(10-16)19(21)22;1-2-6-20-15(19)13-8-12(9-18-13)21-11-5-3-4-10(7-11)14(16)17/h1-13,21-22,27H,14-15H2,(H3,25,26)(H,28,29);1-7,10,16,18-19,24H,8-9,11-12H2,(H3,22,23)(H,25,26);2-10,13,17-18,23H,11-12H2,1H3,(H3,21,22)(H,24,25);2-5,7,12-13,18H,1,6,8-9H2,(H3,16,17)/t21-,22+;16-,18?,19+;13-,17-,18+;12-,13+/m1111/s1. The molecule has 8 aromatic rings. The number of esters is 1. The van der Waals surface area contributed by atoms with Gasteiger partial charge in [0.2, 0.25) is 17.7 Å². The lowest BCUT2D eigenvalue weighted by molar-refractivity contribution is -0.144. The first-order valence-electron chi connectivity index (χ1n) is 34.7. The summed E-state index contributed by atoms with van der Waals surface area (Å²) in [6.07, 6.45) is 5.40. The van der Waals surface area contributed by atoms with Crippen LogP contribution in [0.1, 0.15) is 90.1 Å². The van der Waals surface area contributed by atoms with Gasteiger partial charge in [0.1, 0.15) is 83.4 Å². The topological polar surface area (TPSA) is 398 Å². The van der Waals surface area contributed by atoms with Gasteiger partial charge in [-0.2, -0.15) is 0 Å². The Morgan fingerprint density at radius 3 is 1.33 bits per heavy atom. The van der Waals surface area contributed by atoms with E-state index in [0.717, 1.165) is 35.2 Å². The van der Waals surface area contributed by atoms with Crippen molar-refractivity contribution < 1.29 is 42.9 Å². The van der Waals surface area contributed by atoms with Crippen LogP contribution in [0, 0.1) is 21.6 Å². The highest BCUT2D eigenvalue weighted by atomic mass is 16.5. The lowest BCUT2D eigenvalue weighted by atomic mass is 10.1. The second-order valence-electron chi connectivity index (χ2n) is 25.8. The van der Waals surface area contributed by atoms with Crippen molar-refractivity contribution in [3.05, 3.63) is 258 Å². The van der Waals surface area contributed by atoms with Gasteiger partial charge in [-0.3, -0.25) is 40.8 Å². The maximum Gasteiger partial charge on any atom is 0.323 e. The first-order chi connectivity index (χ1) is 50.3. The molecule has 13 rings (SSSR count). The molecule has 24 nitrogen and oxygen atoms in total. The second-order valence-corrected chi connectivity index (χ2v) is 25.8. The normalized spacial score (nSPS) is 20.6. The van der Waals surface area contributed by atoms with Crippen molar-refractivity contribution in [3.63, 3.8) is 0 Å². The van der Waals surface area contributed by atoms with Crippen molar-refractivity contribution in [3.8, 4) is 34.1 Å². The highest BCUT2D eigenvalue weighted by Gasteiger charge is 2.36. The van der Waals surface area contributed by atoms with E-state index in [-0.39, 0.29) is 114 Å². The highest BCUT2D eigenvalue weighted by molar-refractivity contribution is 5.97. The van der Waals surface area contributed by atoms with E-state index in [9.17, 15) is 19.2 Å². The zero-order valence-electron chi connectivity index (χ0n) is 57.9. The minimum absolute atomic E-state index is 0.000495. The van der Waals surface area contributed by atoms with Gasteiger partial charge in [-0.15, -0.1) is 0 Å². The van der Waals surface area contributed by atoms with Crippen LogP contribution in [-0.4, -0.2) is 128 Å². The Balaban J connectivity index is 0.000000150. The summed E-state index contributed by atoms with van der Waals surface area (Å²) in [6.45, 7) is 8.05. The number of nitrogen functional groups attached to an aromatic ring is 4. The molecule has 0 saturated carbocycles. The van der Waals surface area contributed by atoms with Crippen LogP contribution in [0.25, 0.3) is 11.1 Å². The third-order valence-corrected chi connectivity index (χ3v) is 18.1. The van der Waals surface area contributed by atoms with Gasteiger partial charge in [0.25, 0.3) is 0 Å². The van der Waals surface area contributed by atoms with Crippen molar-refractivity contribution in [1.82, 2.24) is 31.9 Å². The Hall–Kier alpha value is -11.7. The minimum atomic E-state index is -0.356. The van der Waals surface area contributed by atoms with Crippen LogP contribution in [0.2, 0.25) is 0 Å². The largest absolute Gasteiger partial charge is 0.489 e. The summed E-state index contributed by atoms with van der Waals surface area (Å²) in [6, 6.07) is 63.5. The summed E-state index contributed by atoms with van der Waals surface area (Å²) in [5, 5.41) is 51.9. The maximum atomic E-state index is 12.7. The summed E-state index contributed by atoms with van der Waals surface area (Å²) in [4.78, 5) is 49.5. The van der Waals surface area contributed by atoms with E-state index in [0.29, 0.717) is 97.1 Å². The Bertz CT molecular complexity index is 4300. The van der Waals surface area contributed by atoms with Crippen LogP contribution in [0.5, 0.6) is 23.0 Å². The predicted molar refractivity (Wildman–Crippen MR) is 403 cm³/mol. The summed E-state index contributed by atoms with van der Waals surface area (Å²) >= 11 is 0. The Morgan fingerprint density at radius 1 is 0.481 bits per heavy atom. The molecule has 8 aromatic carbocycles. The van der Waals surface area contributed by atoms with Crippen molar-refractivity contribution in [2.75, 3.05) is 38.1 Å². The number of fused-ring (bicyclic) bond motifs is 1. The molecule has 1 unspecified atom stereocenters. The molecule has 24 heteroatoms. The number of hydrogen-bond donors (Lipinski definition) is 15. The van der Waals surface area contributed by atoms with Gasteiger partial charge in [-0.1, -0.05) is 158 Å². The summed E-state index contributed by atoms with van der Waals surface area (Å²) in [5.74, 6) is 2.25. The van der Waals surface area contributed by atoms with Crippen molar-refractivity contribution in [2.24, 2.45) is 22.9 Å². The van der Waals surface area contributed by atoms with Crippen LogP contribution < -0.4 is 79.1 Å². The zero-order valence-corrected chi connectivity index (χ0v) is 57.9. The maximum absolute atomic E-state index is 12.7. The molecule has 3 amide bonds. The smallest absolute Gasteiger partial charge is 0.323 e. The molecule has 10 atom stereocenters. The monoisotopic (exact) mass is 1410 g/mol. The number of aryl methyl sites for hydroxylation is 1. The molecule has 540 valence electrons. The number of amidine groups is 4. The second kappa shape index (κ2) is 36.8. The molecule has 4 heterocycles. The number of benzene rings is 8. The Kier molecular flexibility index (Phi) is 26.5. The molecule has 0 spiro atoms. The van der Waals surface area contributed by atoms with E-state index in [1.807, 2.05) is 116 Å². The third-order valence-electron chi connectivity index (χ3n) is 18.1. The average molecular weight is 1410 g/mol. The van der Waals surface area contributed by atoms with Gasteiger partial charge in [0, 0.05) is 79.8 Å². The lowest BCUT2D eigenvalue weighted by Gasteiger charge is -2.18. The van der Waals surface area contributed by atoms with Crippen LogP contribution >= 0.6 is 0 Å². The third kappa shape index (κ3) is 21.7. The van der Waals surface area contributed by atoms with Crippen molar-refractivity contribution in [2.45, 2.75) is 106 Å². The predicted octanol–water partition coefficient (Wildman–Crippen LogP) is 8.04. The van der Waals surface area contributed by atoms with E-state index in [1.54, 1.807) is 72.8 Å². The fraction of sp³-hybridized carbons (Fsp3) is 0.275. The quantitative estimate of drug-likeness (QED) is 0.0125. The summed E-state index contributed by atoms with van der Waals surface area (Å²) in [7, 11) is 0. The number of carbonyl (C=O) groups excluding carboxylic acids is 4. The van der Waals surface area contributed by atoms with Crippen LogP contribution in [0.15, 0.2) is 219 Å². The van der Waals surface area contributed by atoms with E-state index >= 15 is 0 Å². The average Bonchev–Trinajstić information content (AvgIpc) is 1.67. The summed E-state index contributed by atoms with van der Waals surface area (Å²) < 4.78 is 28.7. The molecule has 0 radical (unpaired) electrons. The number of amides is 3. The van der Waals surface area contributed by atoms with Gasteiger partial charge in [-0.05, 0) is 108 Å². The fourth-order valence-corrected chi connectivity index (χ4v) is 12.6. The molecule has 19 N–H and O–H groups in total. The number of nitrogens with two attached hydrogens (primary N) is 4. The first kappa shape index (κ1) is 75.0. The van der Waals surface area contributed by atoms with Gasteiger partial charge in [0.05, 0.1) is 30.2 Å². The van der Waals surface area contributed by atoms with Crippen molar-refractivity contribution in [1.29, 1.82) is 21.6 Å². The van der Waals surface area contributed by atoms with Crippen molar-refractivity contribution >= 4 is 52.7 Å². The molecule has 0 aromatic heterocycles. The first-order valence-corrected chi connectivity index (χ1v) is 34.7. The van der Waals surface area contributed by atoms with Gasteiger partial charge in [-0.25, -0.2) is 0 Å². The number of ether oxygens (including phenoxy) is 5. The highest BCUT2D eigenvalue weighted by Crippen LogP contribution is 2.32. The fourth-order valence-electron chi connectivity index (χ4n) is 12.6. The number of rotatable bonds is 23. The molecular formula is C80H91N15O9. The Morgan fingerprint density at radius 2 is 0.875 bits per heavy atom. The number of nitrogens with one attached hydrogen (secondary N) is 11. The minimum Gasteiger partial charge on any atom is -0.489 e. The molecular weight excluding hydrogens is 1310 g/mol. The van der Waals surface area contributed by atoms with Gasteiger partial charge < -0.3 is 83.8 Å². The number of anilines is 1. The number of hydrogen-bond acceptors (Lipinski definition) is 17. The lowest BCUT2D eigenvalue weighted by Crippen LogP contribution is -2.41. The van der Waals surface area contributed by atoms with Gasteiger partial charge in [0.15, 0.2) is 0 Å². The summed E-state index contributed by atoms with van der Waals surface area (Å²) in [5.41, 5.74) is 31.1. The molecule has 1 aliphatic carbocycles. The molecule has 104 heavy (non-hydrogen) atoms. The molecule has 4 aliphatic heterocycles. The SMILES string of the molecule is C=CCOC(=O)[C@@H]1C[C@@H](Oc2cccc(C(=N)N)c2)CN1.C[C@@H](NC(=O)[C@@H]1C[C@@H](Oc2cccc(C(=N)N)c2)CN1)c1ccccc1.N=C(N)c1cccc(O[C@H]2CN[C@H](C(=O)NC3CCc4ccccc43)C2)c1.N=C(N)c1cccc(O[C@H]2CN[C@H](C(=O)Nc3ccc(-c4ccccc4)cc3)C2)c1.